The lowest BCUT2D eigenvalue weighted by Crippen LogP contribution is -3.14. The highest BCUT2D eigenvalue weighted by molar-refractivity contribution is 7.80. The fourth-order valence-electron chi connectivity index (χ4n) is 3.96. The van der Waals surface area contributed by atoms with Crippen LogP contribution < -0.4 is 15.6 Å². The molecule has 3 aromatic rings. The summed E-state index contributed by atoms with van der Waals surface area (Å²) in [6, 6.07) is 15.0. The number of rotatable bonds is 6. The Labute approximate surface area is 176 Å². The minimum Gasteiger partial charge on any atom is -0.370 e. The molecule has 7 heteroatoms. The van der Waals surface area contributed by atoms with E-state index in [1.165, 1.54) is 21.8 Å². The quantitative estimate of drug-likeness (QED) is 0.328. The van der Waals surface area contributed by atoms with E-state index in [1.54, 1.807) is 4.90 Å². The van der Waals surface area contributed by atoms with Crippen molar-refractivity contribution in [3.63, 3.8) is 0 Å². The van der Waals surface area contributed by atoms with E-state index in [4.69, 9.17) is 17.0 Å². The van der Waals surface area contributed by atoms with Gasteiger partial charge in [0, 0.05) is 28.4 Å². The topological polar surface area (TPSA) is 55.0 Å². The van der Waals surface area contributed by atoms with Crippen molar-refractivity contribution in [3.05, 3.63) is 48.0 Å². The van der Waals surface area contributed by atoms with Crippen LogP contribution in [0.2, 0.25) is 0 Å². The molecule has 0 atom stereocenters. The van der Waals surface area contributed by atoms with E-state index in [0.29, 0.717) is 5.11 Å². The van der Waals surface area contributed by atoms with Gasteiger partial charge in [-0.2, -0.15) is 5.10 Å². The summed E-state index contributed by atoms with van der Waals surface area (Å²) in [5, 5.41) is 10.6. The van der Waals surface area contributed by atoms with Gasteiger partial charge in [0.1, 0.15) is 13.1 Å². The molecule has 1 aliphatic heterocycles. The lowest BCUT2D eigenvalue weighted by molar-refractivity contribution is -0.906. The van der Waals surface area contributed by atoms with E-state index in [9.17, 15) is 0 Å². The minimum absolute atomic E-state index is 0.553. The zero-order chi connectivity index (χ0) is 20.1. The Kier molecular flexibility index (Phi) is 6.39. The number of benzene rings is 2. The first-order valence-corrected chi connectivity index (χ1v) is 10.7. The van der Waals surface area contributed by atoms with Crippen molar-refractivity contribution >= 4 is 45.4 Å². The number of hydrogen-bond donors (Lipinski definition) is 3. The Hall–Kier alpha value is -2.48. The van der Waals surface area contributed by atoms with E-state index in [-0.39, 0.29) is 0 Å². The fraction of sp³-hybridized carbons (Fsp3) is 0.364. The first kappa shape index (κ1) is 19.8. The van der Waals surface area contributed by atoms with E-state index in [2.05, 4.69) is 69.8 Å². The number of morpholine rings is 1. The zero-order valence-electron chi connectivity index (χ0n) is 16.8. The van der Waals surface area contributed by atoms with Gasteiger partial charge in [-0.25, -0.2) is 0 Å². The van der Waals surface area contributed by atoms with Gasteiger partial charge >= 0.3 is 0 Å². The Bertz CT molecular complexity index is 1020. The number of aryl methyl sites for hydroxylation is 1. The maximum absolute atomic E-state index is 5.38. The third-order valence-corrected chi connectivity index (χ3v) is 5.69. The molecule has 0 aliphatic carbocycles. The Balaban J connectivity index is 1.37. The summed E-state index contributed by atoms with van der Waals surface area (Å²) < 4.78 is 7.73. The molecule has 0 radical (unpaired) electrons. The maximum Gasteiger partial charge on any atom is 0.187 e. The van der Waals surface area contributed by atoms with Gasteiger partial charge in [0.2, 0.25) is 0 Å². The summed E-state index contributed by atoms with van der Waals surface area (Å²) in [5.41, 5.74) is 6.49. The van der Waals surface area contributed by atoms with Crippen molar-refractivity contribution in [1.82, 2.24) is 15.3 Å². The van der Waals surface area contributed by atoms with E-state index in [0.717, 1.165) is 51.5 Å². The predicted molar refractivity (Wildman–Crippen MR) is 123 cm³/mol. The van der Waals surface area contributed by atoms with Gasteiger partial charge in [-0.05, 0) is 42.9 Å². The second kappa shape index (κ2) is 9.35. The van der Waals surface area contributed by atoms with Crippen LogP contribution in [-0.4, -0.2) is 55.3 Å². The van der Waals surface area contributed by atoms with Gasteiger partial charge < -0.3 is 19.5 Å². The van der Waals surface area contributed by atoms with Crippen LogP contribution in [0.25, 0.3) is 21.8 Å². The first-order chi connectivity index (χ1) is 14.3. The minimum atomic E-state index is 0.553. The Morgan fingerprint density at radius 3 is 2.79 bits per heavy atom. The average molecular weight is 411 g/mol. The van der Waals surface area contributed by atoms with Gasteiger partial charge in [0.05, 0.1) is 32.5 Å². The largest absolute Gasteiger partial charge is 0.370 e. The third-order valence-electron chi connectivity index (χ3n) is 5.46. The molecule has 6 nitrogen and oxygen atoms in total. The highest BCUT2D eigenvalue weighted by Crippen LogP contribution is 2.29. The summed E-state index contributed by atoms with van der Waals surface area (Å²) >= 11 is 5.32. The van der Waals surface area contributed by atoms with Crippen LogP contribution in [-0.2, 0) is 11.3 Å². The summed E-state index contributed by atoms with van der Waals surface area (Å²) in [4.78, 5) is 1.55. The van der Waals surface area contributed by atoms with Crippen molar-refractivity contribution in [3.8, 4) is 0 Å². The molecular weight excluding hydrogens is 382 g/mol. The van der Waals surface area contributed by atoms with Gasteiger partial charge in [-0.3, -0.25) is 5.43 Å². The molecule has 1 aromatic heterocycles. The molecule has 29 heavy (non-hydrogen) atoms. The van der Waals surface area contributed by atoms with Crippen LogP contribution in [0.4, 0.5) is 0 Å². The highest BCUT2D eigenvalue weighted by Gasteiger charge is 2.13. The number of hydrazone groups is 1. The molecule has 1 fully saturated rings. The lowest BCUT2D eigenvalue weighted by atomic mass is 10.1. The maximum atomic E-state index is 5.38. The van der Waals surface area contributed by atoms with Gasteiger partial charge in [-0.1, -0.05) is 24.3 Å². The summed E-state index contributed by atoms with van der Waals surface area (Å²) in [7, 11) is 0. The number of ether oxygens (including phenoxy) is 1. The molecule has 0 spiro atoms. The molecule has 0 amide bonds. The summed E-state index contributed by atoms with van der Waals surface area (Å²) in [6.07, 6.45) is 1.82. The molecular formula is C22H28N5OS+. The number of nitrogens with one attached hydrogen (secondary N) is 3. The van der Waals surface area contributed by atoms with Gasteiger partial charge in [0.15, 0.2) is 5.11 Å². The number of thiocarbonyl (C=S) groups is 1. The number of quaternary nitrogens is 1. The fourth-order valence-corrected chi connectivity index (χ4v) is 4.11. The molecule has 0 unspecified atom stereocenters. The van der Waals surface area contributed by atoms with Crippen LogP contribution in [0.1, 0.15) is 12.5 Å². The summed E-state index contributed by atoms with van der Waals surface area (Å²) in [5.74, 6) is 0. The molecule has 152 valence electrons. The number of nitrogens with zero attached hydrogens (tertiary/aromatic N) is 2. The molecule has 2 aromatic carbocycles. The van der Waals surface area contributed by atoms with E-state index < -0.39 is 0 Å². The first-order valence-electron chi connectivity index (χ1n) is 10.3. The van der Waals surface area contributed by atoms with Crippen molar-refractivity contribution < 1.29 is 9.64 Å². The smallest absolute Gasteiger partial charge is 0.187 e. The van der Waals surface area contributed by atoms with Crippen molar-refractivity contribution in [2.45, 2.75) is 13.5 Å². The normalized spacial score (nSPS) is 15.3. The molecule has 4 rings (SSSR count). The molecule has 1 saturated heterocycles. The van der Waals surface area contributed by atoms with Crippen molar-refractivity contribution in [1.29, 1.82) is 0 Å². The molecule has 2 heterocycles. The number of hydrogen-bond acceptors (Lipinski definition) is 3. The van der Waals surface area contributed by atoms with Gasteiger partial charge in [-0.15, -0.1) is 0 Å². The number of aromatic nitrogens is 1. The standard InChI is InChI=1S/C22H27N5OS/c1-2-27-20-6-4-3-5-18(20)19-15-17(7-8-21(19)27)16-24-25-22(29)23-9-10-26-11-13-28-14-12-26/h3-8,15-16H,2,9-14H2,1H3,(H2,23,25,29)/p+1/b24-16-. The average Bonchev–Trinajstić information content (AvgIpc) is 3.07. The second-order valence-electron chi connectivity index (χ2n) is 7.28. The van der Waals surface area contributed by atoms with Crippen molar-refractivity contribution in [2.24, 2.45) is 5.10 Å². The molecule has 0 saturated carbocycles. The van der Waals surface area contributed by atoms with Crippen LogP contribution in [0, 0.1) is 0 Å². The van der Waals surface area contributed by atoms with Crippen LogP contribution in [0.5, 0.6) is 0 Å². The summed E-state index contributed by atoms with van der Waals surface area (Å²) in [6.45, 7) is 8.83. The van der Waals surface area contributed by atoms with Crippen LogP contribution >= 0.6 is 12.2 Å². The van der Waals surface area contributed by atoms with E-state index in [1.807, 2.05) is 6.21 Å². The monoisotopic (exact) mass is 410 g/mol. The second-order valence-corrected chi connectivity index (χ2v) is 7.68. The zero-order valence-corrected chi connectivity index (χ0v) is 17.6. The number of fused-ring (bicyclic) bond motifs is 3. The Morgan fingerprint density at radius 2 is 1.97 bits per heavy atom. The highest BCUT2D eigenvalue weighted by atomic mass is 32.1. The third kappa shape index (κ3) is 4.58. The van der Waals surface area contributed by atoms with Gasteiger partial charge in [0.25, 0.3) is 0 Å². The van der Waals surface area contributed by atoms with Crippen molar-refractivity contribution in [2.75, 3.05) is 39.4 Å². The number of para-hydroxylation sites is 1. The molecule has 3 N–H and O–H groups in total. The van der Waals surface area contributed by atoms with Crippen LogP contribution in [0.3, 0.4) is 0 Å². The Morgan fingerprint density at radius 1 is 1.17 bits per heavy atom. The predicted octanol–water partition coefficient (Wildman–Crippen LogP) is 1.53. The van der Waals surface area contributed by atoms with Crippen LogP contribution in [0.15, 0.2) is 47.6 Å². The SMILES string of the molecule is CCn1c2ccccc2c2cc(/C=N\NC(=S)NCC[NH+]3CCOCC3)ccc21. The molecule has 1 aliphatic rings. The molecule has 0 bridgehead atoms. The lowest BCUT2D eigenvalue weighted by Gasteiger charge is -2.23. The van der Waals surface area contributed by atoms with E-state index >= 15 is 0 Å².